The van der Waals surface area contributed by atoms with Crippen molar-refractivity contribution in [1.29, 1.82) is 0 Å². The summed E-state index contributed by atoms with van der Waals surface area (Å²) < 4.78 is 5.43. The van der Waals surface area contributed by atoms with Crippen LogP contribution in [0.2, 0.25) is 0 Å². The first kappa shape index (κ1) is 19.7. The minimum atomic E-state index is -0.259. The maximum absolute atomic E-state index is 12.0. The number of carbonyl (C=O) groups is 1. The molecule has 0 saturated heterocycles. The third-order valence-electron chi connectivity index (χ3n) is 4.51. The number of benzene rings is 2. The lowest BCUT2D eigenvalue weighted by Gasteiger charge is -2.07. The molecule has 0 unspecified atom stereocenters. The van der Waals surface area contributed by atoms with Crippen LogP contribution in [0, 0.1) is 0 Å². The average Bonchev–Trinajstić information content (AvgIpc) is 3.46. The summed E-state index contributed by atoms with van der Waals surface area (Å²) in [6.45, 7) is 0.416. The summed E-state index contributed by atoms with van der Waals surface area (Å²) in [5, 5.41) is 15.2. The van der Waals surface area contributed by atoms with E-state index in [1.165, 1.54) is 0 Å². The quantitative estimate of drug-likeness (QED) is 0.413. The van der Waals surface area contributed by atoms with Gasteiger partial charge in [-0.3, -0.25) is 5.10 Å². The van der Waals surface area contributed by atoms with Crippen molar-refractivity contribution >= 4 is 23.1 Å². The number of anilines is 1. The average molecular weight is 420 g/mol. The van der Waals surface area contributed by atoms with E-state index in [0.29, 0.717) is 6.54 Å². The normalized spacial score (nSPS) is 10.6. The van der Waals surface area contributed by atoms with Crippen LogP contribution in [-0.2, 0) is 13.0 Å². The van der Waals surface area contributed by atoms with Crippen molar-refractivity contribution in [2.45, 2.75) is 13.0 Å². The first-order chi connectivity index (χ1) is 14.7. The second kappa shape index (κ2) is 9.23. The van der Waals surface area contributed by atoms with E-state index in [-0.39, 0.29) is 6.03 Å². The molecule has 0 fully saturated rings. The Bertz CT molecular complexity index is 1110. The van der Waals surface area contributed by atoms with E-state index < -0.39 is 0 Å². The predicted molar refractivity (Wildman–Crippen MR) is 118 cm³/mol. The van der Waals surface area contributed by atoms with Gasteiger partial charge in [0.05, 0.1) is 24.0 Å². The number of carbonyl (C=O) groups excluding carboxylic acids is 1. The van der Waals surface area contributed by atoms with Crippen molar-refractivity contribution in [2.75, 3.05) is 12.4 Å². The molecule has 4 rings (SSSR count). The lowest BCUT2D eigenvalue weighted by Crippen LogP contribution is -2.27. The highest BCUT2D eigenvalue weighted by Gasteiger charge is 2.10. The fraction of sp³-hybridized carbons (Fsp3) is 0.136. The number of para-hydroxylation sites is 1. The van der Waals surface area contributed by atoms with Crippen molar-refractivity contribution in [3.63, 3.8) is 0 Å². The molecule has 7 nitrogen and oxygen atoms in total. The molecule has 0 aliphatic carbocycles. The number of hydrogen-bond acceptors (Lipinski definition) is 5. The number of nitrogens with one attached hydrogen (secondary N) is 3. The SMILES string of the molecule is COc1ccccc1-c1csc(Cc2ccc(NC(=O)NCc3cn[nH]c3)cc2)n1. The molecule has 2 aromatic carbocycles. The molecule has 0 saturated carbocycles. The van der Waals surface area contributed by atoms with Gasteiger partial charge in [0.25, 0.3) is 0 Å². The summed E-state index contributed by atoms with van der Waals surface area (Å²) in [5.41, 5.74) is 4.68. The van der Waals surface area contributed by atoms with E-state index in [2.05, 4.69) is 20.8 Å². The fourth-order valence-electron chi connectivity index (χ4n) is 2.98. The minimum Gasteiger partial charge on any atom is -0.496 e. The number of rotatable bonds is 7. The Morgan fingerprint density at radius 1 is 1.13 bits per heavy atom. The molecule has 2 heterocycles. The number of nitrogens with zero attached hydrogens (tertiary/aromatic N) is 2. The molecule has 4 aromatic rings. The van der Waals surface area contributed by atoms with Gasteiger partial charge in [0.2, 0.25) is 0 Å². The zero-order chi connectivity index (χ0) is 20.8. The van der Waals surface area contributed by atoms with Gasteiger partial charge in [0.1, 0.15) is 5.75 Å². The van der Waals surface area contributed by atoms with Crippen molar-refractivity contribution < 1.29 is 9.53 Å². The molecule has 152 valence electrons. The highest BCUT2D eigenvalue weighted by Crippen LogP contribution is 2.31. The molecule has 0 spiro atoms. The van der Waals surface area contributed by atoms with Crippen LogP contribution >= 0.6 is 11.3 Å². The molecular formula is C22H21N5O2S. The number of aromatic nitrogens is 3. The van der Waals surface area contributed by atoms with Gasteiger partial charge in [0, 0.05) is 41.4 Å². The minimum absolute atomic E-state index is 0.259. The van der Waals surface area contributed by atoms with Gasteiger partial charge in [-0.2, -0.15) is 5.10 Å². The lowest BCUT2D eigenvalue weighted by molar-refractivity contribution is 0.251. The summed E-state index contributed by atoms with van der Waals surface area (Å²) >= 11 is 1.62. The molecule has 0 radical (unpaired) electrons. The number of urea groups is 1. The van der Waals surface area contributed by atoms with Gasteiger partial charge in [-0.25, -0.2) is 9.78 Å². The lowest BCUT2D eigenvalue weighted by atomic mass is 10.1. The zero-order valence-corrected chi connectivity index (χ0v) is 17.2. The Morgan fingerprint density at radius 2 is 1.97 bits per heavy atom. The zero-order valence-electron chi connectivity index (χ0n) is 16.4. The number of aromatic amines is 1. The highest BCUT2D eigenvalue weighted by atomic mass is 32.1. The van der Waals surface area contributed by atoms with Gasteiger partial charge in [-0.15, -0.1) is 11.3 Å². The van der Waals surface area contributed by atoms with Gasteiger partial charge in [-0.1, -0.05) is 24.3 Å². The summed E-state index contributed by atoms with van der Waals surface area (Å²) in [5.74, 6) is 0.816. The van der Waals surface area contributed by atoms with Crippen LogP contribution in [-0.4, -0.2) is 28.3 Å². The molecule has 30 heavy (non-hydrogen) atoms. The molecule has 8 heteroatoms. The molecule has 0 bridgehead atoms. The largest absolute Gasteiger partial charge is 0.496 e. The maximum Gasteiger partial charge on any atom is 0.319 e. The second-order valence-electron chi connectivity index (χ2n) is 6.61. The standard InChI is InChI=1S/C22H21N5O2S/c1-29-20-5-3-2-4-18(20)19-14-30-21(27-19)10-15-6-8-17(9-7-15)26-22(28)23-11-16-12-24-25-13-16/h2-9,12-14H,10-11H2,1H3,(H,24,25)(H2,23,26,28). The number of hydrogen-bond donors (Lipinski definition) is 3. The smallest absolute Gasteiger partial charge is 0.319 e. The summed E-state index contributed by atoms with van der Waals surface area (Å²) in [6.07, 6.45) is 4.15. The van der Waals surface area contributed by atoms with Crippen molar-refractivity contribution in [2.24, 2.45) is 0 Å². The Morgan fingerprint density at radius 3 is 2.73 bits per heavy atom. The van der Waals surface area contributed by atoms with E-state index in [4.69, 9.17) is 9.72 Å². The number of thiazole rings is 1. The first-order valence-corrected chi connectivity index (χ1v) is 10.3. The highest BCUT2D eigenvalue weighted by molar-refractivity contribution is 7.10. The molecular weight excluding hydrogens is 398 g/mol. The van der Waals surface area contributed by atoms with Gasteiger partial charge >= 0.3 is 6.03 Å². The van der Waals surface area contributed by atoms with Crippen LogP contribution in [0.25, 0.3) is 11.3 Å². The van der Waals surface area contributed by atoms with Crippen molar-refractivity contribution in [3.05, 3.63) is 82.4 Å². The second-order valence-corrected chi connectivity index (χ2v) is 7.56. The Labute approximate surface area is 178 Å². The van der Waals surface area contributed by atoms with E-state index in [1.807, 2.05) is 53.9 Å². The van der Waals surface area contributed by atoms with Crippen LogP contribution < -0.4 is 15.4 Å². The maximum atomic E-state index is 12.0. The molecule has 0 aliphatic heterocycles. The van der Waals surface area contributed by atoms with Crippen LogP contribution in [0.4, 0.5) is 10.5 Å². The third-order valence-corrected chi connectivity index (χ3v) is 5.36. The number of methoxy groups -OCH3 is 1. The van der Waals surface area contributed by atoms with E-state index in [9.17, 15) is 4.79 Å². The van der Waals surface area contributed by atoms with Crippen LogP contribution in [0.1, 0.15) is 16.1 Å². The van der Waals surface area contributed by atoms with Gasteiger partial charge < -0.3 is 15.4 Å². The molecule has 3 N–H and O–H groups in total. The van der Waals surface area contributed by atoms with Crippen LogP contribution in [0.3, 0.4) is 0 Å². The summed E-state index contributed by atoms with van der Waals surface area (Å²) in [6, 6.07) is 15.4. The van der Waals surface area contributed by atoms with Crippen molar-refractivity contribution in [1.82, 2.24) is 20.5 Å². The molecule has 2 amide bonds. The van der Waals surface area contributed by atoms with Crippen LogP contribution in [0.5, 0.6) is 5.75 Å². The monoisotopic (exact) mass is 419 g/mol. The fourth-order valence-corrected chi connectivity index (χ4v) is 3.81. The third kappa shape index (κ3) is 4.84. The number of amides is 2. The Kier molecular flexibility index (Phi) is 6.05. The van der Waals surface area contributed by atoms with E-state index >= 15 is 0 Å². The van der Waals surface area contributed by atoms with Crippen LogP contribution in [0.15, 0.2) is 66.3 Å². The number of H-pyrrole nitrogens is 1. The van der Waals surface area contributed by atoms with E-state index in [1.54, 1.807) is 30.8 Å². The van der Waals surface area contributed by atoms with Gasteiger partial charge in [-0.05, 0) is 29.8 Å². The number of ether oxygens (including phenoxy) is 1. The molecule has 0 atom stereocenters. The topological polar surface area (TPSA) is 91.9 Å². The van der Waals surface area contributed by atoms with Crippen molar-refractivity contribution in [3.8, 4) is 17.0 Å². The Balaban J connectivity index is 1.35. The van der Waals surface area contributed by atoms with Gasteiger partial charge in [0.15, 0.2) is 0 Å². The van der Waals surface area contributed by atoms with E-state index in [0.717, 1.165) is 45.2 Å². The first-order valence-electron chi connectivity index (χ1n) is 9.40. The molecule has 0 aliphatic rings. The Hall–Kier alpha value is -3.65. The summed E-state index contributed by atoms with van der Waals surface area (Å²) in [4.78, 5) is 16.8. The predicted octanol–water partition coefficient (Wildman–Crippen LogP) is 4.45. The summed E-state index contributed by atoms with van der Waals surface area (Å²) in [7, 11) is 1.67. The molecule has 2 aromatic heterocycles.